The summed E-state index contributed by atoms with van der Waals surface area (Å²) in [5.41, 5.74) is 3.21. The van der Waals surface area contributed by atoms with E-state index in [-0.39, 0.29) is 11.3 Å². The number of H-pyrrole nitrogens is 1. The summed E-state index contributed by atoms with van der Waals surface area (Å²) in [6.07, 6.45) is 2.05. The number of aromatic nitrogens is 3. The van der Waals surface area contributed by atoms with Crippen molar-refractivity contribution in [2.75, 3.05) is 6.61 Å². The number of hydrogen-bond donors (Lipinski definition) is 1. The topological polar surface area (TPSA) is 84.9 Å². The average Bonchev–Trinajstić information content (AvgIpc) is 2.45. The van der Waals surface area contributed by atoms with Crippen LogP contribution in [0.5, 0.6) is 0 Å². The third-order valence-corrected chi connectivity index (χ3v) is 3.09. The molecule has 0 aromatic carbocycles. The zero-order chi connectivity index (χ0) is 15.4. The molecule has 0 amide bonds. The summed E-state index contributed by atoms with van der Waals surface area (Å²) >= 11 is 0. The minimum atomic E-state index is -0.440. The Morgan fingerprint density at radius 3 is 2.71 bits per heavy atom. The maximum absolute atomic E-state index is 11.7. The molecule has 110 valence electrons. The van der Waals surface area contributed by atoms with Crippen molar-refractivity contribution in [2.45, 2.75) is 27.2 Å². The van der Waals surface area contributed by atoms with Crippen molar-refractivity contribution >= 4 is 5.97 Å². The molecular formula is C15H17N3O3. The molecule has 0 aliphatic heterocycles. The van der Waals surface area contributed by atoms with Crippen molar-refractivity contribution in [3.05, 3.63) is 56.8 Å². The molecule has 2 rings (SSSR count). The summed E-state index contributed by atoms with van der Waals surface area (Å²) in [6, 6.07) is 3.42. The fourth-order valence-electron chi connectivity index (χ4n) is 1.98. The summed E-state index contributed by atoms with van der Waals surface area (Å²) < 4.78 is 4.91. The highest BCUT2D eigenvalue weighted by Gasteiger charge is 2.11. The maximum atomic E-state index is 11.7. The first-order valence-electron chi connectivity index (χ1n) is 6.69. The molecule has 2 aromatic rings. The second-order valence-corrected chi connectivity index (χ2v) is 4.76. The number of carbonyl (C=O) groups excluding carboxylic acids is 1. The van der Waals surface area contributed by atoms with Crippen LogP contribution in [0, 0.1) is 13.8 Å². The van der Waals surface area contributed by atoms with Gasteiger partial charge in [0.1, 0.15) is 5.69 Å². The van der Waals surface area contributed by atoms with Crippen LogP contribution < -0.4 is 5.56 Å². The fraction of sp³-hybridized carbons (Fsp3) is 0.333. The van der Waals surface area contributed by atoms with Crippen LogP contribution in [-0.4, -0.2) is 27.8 Å². The Morgan fingerprint density at radius 1 is 1.29 bits per heavy atom. The van der Waals surface area contributed by atoms with E-state index < -0.39 is 5.97 Å². The second-order valence-electron chi connectivity index (χ2n) is 4.76. The predicted octanol–water partition coefficient (Wildman–Crippen LogP) is 1.55. The minimum Gasteiger partial charge on any atom is -0.461 e. The van der Waals surface area contributed by atoms with E-state index in [1.54, 1.807) is 25.3 Å². The SMILES string of the molecule is CCOC(=O)c1cc(C)c(Cc2cc(C)n[nH]c2=O)cn1. The number of esters is 1. The van der Waals surface area contributed by atoms with Crippen LogP contribution in [0.25, 0.3) is 0 Å². The van der Waals surface area contributed by atoms with E-state index in [1.807, 2.05) is 13.8 Å². The van der Waals surface area contributed by atoms with E-state index in [0.717, 1.165) is 16.8 Å². The van der Waals surface area contributed by atoms with E-state index in [2.05, 4.69) is 15.2 Å². The molecule has 2 heterocycles. The molecule has 0 fully saturated rings. The Balaban J connectivity index is 2.27. The van der Waals surface area contributed by atoms with E-state index in [1.165, 1.54) is 0 Å². The molecule has 0 spiro atoms. The number of rotatable bonds is 4. The van der Waals surface area contributed by atoms with Crippen molar-refractivity contribution in [2.24, 2.45) is 0 Å². The second kappa shape index (κ2) is 6.30. The van der Waals surface area contributed by atoms with Gasteiger partial charge in [-0.25, -0.2) is 14.9 Å². The highest BCUT2D eigenvalue weighted by molar-refractivity contribution is 5.87. The van der Waals surface area contributed by atoms with E-state index in [0.29, 0.717) is 18.6 Å². The van der Waals surface area contributed by atoms with Gasteiger partial charge in [-0.1, -0.05) is 0 Å². The van der Waals surface area contributed by atoms with Gasteiger partial charge in [-0.3, -0.25) is 4.79 Å². The van der Waals surface area contributed by atoms with E-state index in [9.17, 15) is 9.59 Å². The lowest BCUT2D eigenvalue weighted by atomic mass is 10.0. The van der Waals surface area contributed by atoms with Crippen LogP contribution in [0.4, 0.5) is 0 Å². The van der Waals surface area contributed by atoms with Crippen LogP contribution in [0.1, 0.15) is 39.8 Å². The number of ether oxygens (including phenoxy) is 1. The number of nitrogens with one attached hydrogen (secondary N) is 1. The lowest BCUT2D eigenvalue weighted by molar-refractivity contribution is 0.0519. The third-order valence-electron chi connectivity index (χ3n) is 3.09. The Morgan fingerprint density at radius 2 is 2.05 bits per heavy atom. The first-order valence-corrected chi connectivity index (χ1v) is 6.69. The molecule has 0 bridgehead atoms. The van der Waals surface area contributed by atoms with E-state index >= 15 is 0 Å². The Hall–Kier alpha value is -2.50. The summed E-state index contributed by atoms with van der Waals surface area (Å²) in [5, 5.41) is 6.30. The molecule has 1 N–H and O–H groups in total. The molecule has 0 saturated heterocycles. The Labute approximate surface area is 122 Å². The molecular weight excluding hydrogens is 270 g/mol. The van der Waals surface area contributed by atoms with Gasteiger partial charge in [0.05, 0.1) is 12.3 Å². The number of aromatic amines is 1. The smallest absolute Gasteiger partial charge is 0.356 e. The molecule has 0 unspecified atom stereocenters. The van der Waals surface area contributed by atoms with Gasteiger partial charge in [-0.15, -0.1) is 0 Å². The van der Waals surface area contributed by atoms with Gasteiger partial charge < -0.3 is 4.74 Å². The highest BCUT2D eigenvalue weighted by atomic mass is 16.5. The van der Waals surface area contributed by atoms with Crippen LogP contribution in [0.3, 0.4) is 0 Å². The highest BCUT2D eigenvalue weighted by Crippen LogP contribution is 2.13. The molecule has 0 aliphatic carbocycles. The van der Waals surface area contributed by atoms with Crippen LogP contribution in [0.15, 0.2) is 23.1 Å². The molecule has 0 aliphatic rings. The number of pyridine rings is 1. The molecule has 6 nitrogen and oxygen atoms in total. The van der Waals surface area contributed by atoms with E-state index in [4.69, 9.17) is 4.74 Å². The first-order chi connectivity index (χ1) is 10.0. The minimum absolute atomic E-state index is 0.213. The summed E-state index contributed by atoms with van der Waals surface area (Å²) in [5.74, 6) is -0.440. The molecule has 2 aromatic heterocycles. The van der Waals surface area contributed by atoms with Crippen molar-refractivity contribution < 1.29 is 9.53 Å². The van der Waals surface area contributed by atoms with Gasteiger partial charge >= 0.3 is 5.97 Å². The van der Waals surface area contributed by atoms with Crippen LogP contribution in [-0.2, 0) is 11.2 Å². The summed E-state index contributed by atoms with van der Waals surface area (Å²) in [7, 11) is 0. The van der Waals surface area contributed by atoms with Gasteiger partial charge in [0, 0.05) is 18.2 Å². The fourth-order valence-corrected chi connectivity index (χ4v) is 1.98. The Bertz CT molecular complexity index is 722. The van der Waals surface area contributed by atoms with Crippen LogP contribution in [0.2, 0.25) is 0 Å². The van der Waals surface area contributed by atoms with Gasteiger partial charge in [0.25, 0.3) is 5.56 Å². The normalized spacial score (nSPS) is 10.4. The molecule has 21 heavy (non-hydrogen) atoms. The van der Waals surface area contributed by atoms with Crippen LogP contribution >= 0.6 is 0 Å². The molecule has 0 radical (unpaired) electrons. The van der Waals surface area contributed by atoms with Crippen molar-refractivity contribution in [1.29, 1.82) is 0 Å². The van der Waals surface area contributed by atoms with Gasteiger partial charge in [-0.2, -0.15) is 5.10 Å². The standard InChI is InChI=1S/C15H17N3O3/c1-4-21-15(20)13-5-9(2)12(8-16-13)7-11-6-10(3)17-18-14(11)19/h5-6,8H,4,7H2,1-3H3,(H,18,19). The van der Waals surface area contributed by atoms with Gasteiger partial charge in [-0.05, 0) is 44.0 Å². The number of nitrogens with zero attached hydrogens (tertiary/aromatic N) is 2. The summed E-state index contributed by atoms with van der Waals surface area (Å²) in [6.45, 7) is 5.75. The van der Waals surface area contributed by atoms with Crippen molar-refractivity contribution in [3.63, 3.8) is 0 Å². The predicted molar refractivity (Wildman–Crippen MR) is 77.3 cm³/mol. The third kappa shape index (κ3) is 3.53. The monoisotopic (exact) mass is 287 g/mol. The molecule has 0 saturated carbocycles. The zero-order valence-corrected chi connectivity index (χ0v) is 12.3. The molecule has 6 heteroatoms. The lowest BCUT2D eigenvalue weighted by Gasteiger charge is -2.07. The maximum Gasteiger partial charge on any atom is 0.356 e. The zero-order valence-electron chi connectivity index (χ0n) is 12.3. The molecule has 0 atom stereocenters. The number of hydrogen-bond acceptors (Lipinski definition) is 5. The number of carbonyl (C=O) groups is 1. The van der Waals surface area contributed by atoms with Gasteiger partial charge in [0.15, 0.2) is 0 Å². The number of aryl methyl sites for hydroxylation is 2. The average molecular weight is 287 g/mol. The largest absolute Gasteiger partial charge is 0.461 e. The lowest BCUT2D eigenvalue weighted by Crippen LogP contribution is -2.16. The van der Waals surface area contributed by atoms with Gasteiger partial charge in [0.2, 0.25) is 0 Å². The van der Waals surface area contributed by atoms with Crippen molar-refractivity contribution in [3.8, 4) is 0 Å². The first kappa shape index (κ1) is 14.9. The summed E-state index contributed by atoms with van der Waals surface area (Å²) in [4.78, 5) is 27.5. The van der Waals surface area contributed by atoms with Crippen molar-refractivity contribution in [1.82, 2.24) is 15.2 Å². The quantitative estimate of drug-likeness (QED) is 0.862. The Kier molecular flexibility index (Phi) is 4.47.